The van der Waals surface area contributed by atoms with E-state index in [-0.39, 0.29) is 0 Å². The van der Waals surface area contributed by atoms with Crippen molar-refractivity contribution in [1.29, 1.82) is 0 Å². The number of piperidine rings is 1. The molecule has 124 valence electrons. The van der Waals surface area contributed by atoms with Crippen LogP contribution in [0.5, 0.6) is 0 Å². The minimum atomic E-state index is -3.30. The molecule has 2 rings (SSSR count). The Bertz CT molecular complexity index is 425. The minimum Gasteiger partial charge on any atom is -0.330 e. The summed E-state index contributed by atoms with van der Waals surface area (Å²) in [6.07, 6.45) is 2.91. The number of hydrogen-bond donors (Lipinski definition) is 1. The number of nitrogens with zero attached hydrogens (tertiary/aromatic N) is 3. The maximum atomic E-state index is 12.8. The normalized spacial score (nSPS) is 29.3. The topological polar surface area (TPSA) is 69.9 Å². The van der Waals surface area contributed by atoms with E-state index in [9.17, 15) is 8.42 Å². The molecule has 2 fully saturated rings. The van der Waals surface area contributed by atoms with Gasteiger partial charge < -0.3 is 5.73 Å². The van der Waals surface area contributed by atoms with Gasteiger partial charge in [0.2, 0.25) is 0 Å². The van der Waals surface area contributed by atoms with Crippen molar-refractivity contribution in [1.82, 2.24) is 13.5 Å². The molecule has 2 N–H and O–H groups in total. The molecule has 0 aromatic heterocycles. The third-order valence-corrected chi connectivity index (χ3v) is 6.89. The Hall–Kier alpha value is -0.210. The molecule has 0 aliphatic carbocycles. The molecule has 0 aromatic rings. The lowest BCUT2D eigenvalue weighted by Gasteiger charge is -2.34. The quantitative estimate of drug-likeness (QED) is 0.766. The number of rotatable bonds is 6. The van der Waals surface area contributed by atoms with Crippen LogP contribution >= 0.6 is 0 Å². The first-order valence-corrected chi connectivity index (χ1v) is 9.61. The van der Waals surface area contributed by atoms with Crippen LogP contribution in [-0.4, -0.2) is 73.8 Å². The largest absolute Gasteiger partial charge is 0.330 e. The molecule has 6 nitrogen and oxygen atoms in total. The fraction of sp³-hybridized carbons (Fsp3) is 1.00. The van der Waals surface area contributed by atoms with E-state index >= 15 is 0 Å². The Morgan fingerprint density at radius 2 is 1.76 bits per heavy atom. The number of hydrogen-bond acceptors (Lipinski definition) is 4. The maximum absolute atomic E-state index is 12.8. The summed E-state index contributed by atoms with van der Waals surface area (Å²) in [5.41, 5.74) is 5.72. The summed E-state index contributed by atoms with van der Waals surface area (Å²) in [6, 6.07) is 0.366. The summed E-state index contributed by atoms with van der Waals surface area (Å²) in [5.74, 6) is 0.315. The summed E-state index contributed by atoms with van der Waals surface area (Å²) in [6.45, 7) is 9.32. The second-order valence-electron chi connectivity index (χ2n) is 6.13. The summed E-state index contributed by atoms with van der Waals surface area (Å²) in [7, 11) is -3.30. The van der Waals surface area contributed by atoms with Crippen LogP contribution in [0.15, 0.2) is 0 Å². The van der Waals surface area contributed by atoms with Crippen LogP contribution in [0.1, 0.15) is 33.1 Å². The van der Waals surface area contributed by atoms with E-state index in [0.717, 1.165) is 32.4 Å². The van der Waals surface area contributed by atoms with E-state index in [4.69, 9.17) is 5.73 Å². The Morgan fingerprint density at radius 3 is 2.38 bits per heavy atom. The minimum absolute atomic E-state index is 0.315. The van der Waals surface area contributed by atoms with Crippen LogP contribution < -0.4 is 5.73 Å². The molecule has 2 aliphatic rings. The highest BCUT2D eigenvalue weighted by atomic mass is 32.2. The predicted molar refractivity (Wildman–Crippen MR) is 85.2 cm³/mol. The maximum Gasteiger partial charge on any atom is 0.282 e. The lowest BCUT2D eigenvalue weighted by atomic mass is 10.0. The van der Waals surface area contributed by atoms with Crippen LogP contribution in [0.4, 0.5) is 0 Å². The highest BCUT2D eigenvalue weighted by Crippen LogP contribution is 2.24. The van der Waals surface area contributed by atoms with Crippen molar-refractivity contribution in [2.24, 2.45) is 11.7 Å². The summed E-state index contributed by atoms with van der Waals surface area (Å²) >= 11 is 0. The highest BCUT2D eigenvalue weighted by Gasteiger charge is 2.38. The lowest BCUT2D eigenvalue weighted by molar-refractivity contribution is 0.219. The molecule has 0 spiro atoms. The molecule has 0 aromatic carbocycles. The predicted octanol–water partition coefficient (Wildman–Crippen LogP) is 0.318. The molecule has 0 amide bonds. The van der Waals surface area contributed by atoms with Gasteiger partial charge in [0, 0.05) is 32.2 Å². The lowest BCUT2D eigenvalue weighted by Crippen LogP contribution is -2.49. The molecule has 2 heterocycles. The Labute approximate surface area is 129 Å². The van der Waals surface area contributed by atoms with Crippen LogP contribution in [-0.2, 0) is 10.2 Å². The SMILES string of the molecule is CCN(CC)C1CCN(S(=O)(=O)N2CCCC(CN)C2)C1. The Kier molecular flexibility index (Phi) is 6.02. The Balaban J connectivity index is 2.00. The average molecular weight is 318 g/mol. The van der Waals surface area contributed by atoms with Gasteiger partial charge in [0.05, 0.1) is 0 Å². The standard InChI is InChI=1S/C14H30N4O2S/c1-3-16(4-2)14-7-9-18(12-14)21(19,20)17-8-5-6-13(10-15)11-17/h13-14H,3-12,15H2,1-2H3. The molecule has 2 atom stereocenters. The third-order valence-electron chi connectivity index (χ3n) is 4.92. The average Bonchev–Trinajstić information content (AvgIpc) is 2.99. The van der Waals surface area contributed by atoms with E-state index in [1.165, 1.54) is 0 Å². The van der Waals surface area contributed by atoms with E-state index in [1.807, 2.05) is 0 Å². The first kappa shape index (κ1) is 17.1. The van der Waals surface area contributed by atoms with Crippen molar-refractivity contribution in [3.05, 3.63) is 0 Å². The summed E-state index contributed by atoms with van der Waals surface area (Å²) in [4.78, 5) is 2.36. The van der Waals surface area contributed by atoms with Crippen molar-refractivity contribution in [2.75, 3.05) is 45.8 Å². The van der Waals surface area contributed by atoms with Gasteiger partial charge in [0.1, 0.15) is 0 Å². The van der Waals surface area contributed by atoms with Crippen LogP contribution in [0, 0.1) is 5.92 Å². The molecular formula is C14H30N4O2S. The molecule has 7 heteroatoms. The van der Waals surface area contributed by atoms with Gasteiger partial charge >= 0.3 is 0 Å². The van der Waals surface area contributed by atoms with E-state index in [2.05, 4.69) is 18.7 Å². The highest BCUT2D eigenvalue weighted by molar-refractivity contribution is 7.86. The molecule has 2 unspecified atom stereocenters. The van der Waals surface area contributed by atoms with E-state index < -0.39 is 10.2 Å². The monoisotopic (exact) mass is 318 g/mol. The van der Waals surface area contributed by atoms with Gasteiger partial charge in [0.25, 0.3) is 10.2 Å². The molecule has 0 radical (unpaired) electrons. The fourth-order valence-electron chi connectivity index (χ4n) is 3.55. The number of nitrogens with two attached hydrogens (primary N) is 1. The van der Waals surface area contributed by atoms with Gasteiger partial charge in [-0.2, -0.15) is 17.0 Å². The smallest absolute Gasteiger partial charge is 0.282 e. The van der Waals surface area contributed by atoms with E-state index in [1.54, 1.807) is 8.61 Å². The molecular weight excluding hydrogens is 288 g/mol. The van der Waals surface area contributed by atoms with Gasteiger partial charge in [-0.25, -0.2) is 0 Å². The van der Waals surface area contributed by atoms with Crippen molar-refractivity contribution in [3.8, 4) is 0 Å². The first-order chi connectivity index (χ1) is 10.0. The van der Waals surface area contributed by atoms with Gasteiger partial charge in [-0.05, 0) is 44.8 Å². The zero-order valence-electron chi connectivity index (χ0n) is 13.4. The van der Waals surface area contributed by atoms with Crippen molar-refractivity contribution in [2.45, 2.75) is 39.2 Å². The zero-order valence-corrected chi connectivity index (χ0v) is 14.2. The molecule has 0 saturated carbocycles. The molecule has 2 aliphatic heterocycles. The zero-order chi connectivity index (χ0) is 15.5. The van der Waals surface area contributed by atoms with Gasteiger partial charge in [-0.3, -0.25) is 4.90 Å². The van der Waals surface area contributed by atoms with Crippen molar-refractivity contribution < 1.29 is 8.42 Å². The third kappa shape index (κ3) is 3.76. The van der Waals surface area contributed by atoms with Crippen molar-refractivity contribution in [3.63, 3.8) is 0 Å². The number of likely N-dealkylation sites (N-methyl/N-ethyl adjacent to an activating group) is 1. The van der Waals surface area contributed by atoms with Gasteiger partial charge in [0.15, 0.2) is 0 Å². The van der Waals surface area contributed by atoms with E-state index in [0.29, 0.717) is 44.7 Å². The summed E-state index contributed by atoms with van der Waals surface area (Å²) < 4.78 is 28.9. The second-order valence-corrected chi connectivity index (χ2v) is 8.06. The van der Waals surface area contributed by atoms with Crippen LogP contribution in [0.3, 0.4) is 0 Å². The molecule has 21 heavy (non-hydrogen) atoms. The van der Waals surface area contributed by atoms with Crippen molar-refractivity contribution >= 4 is 10.2 Å². The molecule has 2 saturated heterocycles. The van der Waals surface area contributed by atoms with Crippen LogP contribution in [0.2, 0.25) is 0 Å². The fourth-order valence-corrected chi connectivity index (χ4v) is 5.33. The molecule has 0 bridgehead atoms. The second kappa shape index (κ2) is 7.37. The van der Waals surface area contributed by atoms with Gasteiger partial charge in [-0.15, -0.1) is 0 Å². The first-order valence-electron chi connectivity index (χ1n) is 8.22. The van der Waals surface area contributed by atoms with Crippen LogP contribution in [0.25, 0.3) is 0 Å². The summed E-state index contributed by atoms with van der Waals surface area (Å²) in [5, 5.41) is 0. The van der Waals surface area contributed by atoms with Gasteiger partial charge in [-0.1, -0.05) is 13.8 Å². The Morgan fingerprint density at radius 1 is 1.10 bits per heavy atom.